The van der Waals surface area contributed by atoms with E-state index in [0.717, 1.165) is 0 Å². The zero-order valence-electron chi connectivity index (χ0n) is 36.9. The van der Waals surface area contributed by atoms with E-state index in [2.05, 4.69) is 241 Å². The summed E-state index contributed by atoms with van der Waals surface area (Å²) in [5.74, 6) is 4.11. The molecule has 0 aromatic heterocycles. The fraction of sp³-hybridized carbons (Fsp3) is 0.245. The third kappa shape index (κ3) is 23.8. The molecule has 0 heterocycles. The summed E-state index contributed by atoms with van der Waals surface area (Å²) in [7, 11) is -3.70. The van der Waals surface area contributed by atoms with Gasteiger partial charge in [0.2, 0.25) is 0 Å². The van der Waals surface area contributed by atoms with Crippen LogP contribution in [0.15, 0.2) is 182 Å². The fourth-order valence-electron chi connectivity index (χ4n) is 6.07. The van der Waals surface area contributed by atoms with Gasteiger partial charge >= 0.3 is 19.5 Å². The van der Waals surface area contributed by atoms with Crippen LogP contribution < -0.4 is 69.0 Å². The van der Waals surface area contributed by atoms with Gasteiger partial charge in [-0.3, -0.25) is 0 Å². The van der Waals surface area contributed by atoms with Crippen LogP contribution in [0.5, 0.6) is 0 Å². The van der Waals surface area contributed by atoms with Crippen molar-refractivity contribution in [2.24, 2.45) is 0 Å². The number of rotatable bonds is 12. The van der Waals surface area contributed by atoms with Crippen LogP contribution in [0.2, 0.25) is 58.9 Å². The summed E-state index contributed by atoms with van der Waals surface area (Å²) in [5.41, 5.74) is 0. The standard InChI is InChI=1S/3C16H21PSi.CH2O.3ClH.Rh/c3*1-18(2,3)14-17(15-10-6-4-7-11-15)16-12-8-5-9-13-16;1-2;;;;/h3*4-13H,14H2,1-3H3;1H2;3*1H;/q;;;;;;;+3/p-3. The van der Waals surface area contributed by atoms with E-state index in [1.807, 2.05) is 6.79 Å². The first-order valence-corrected chi connectivity index (χ1v) is 35.3. The first-order valence-electron chi connectivity index (χ1n) is 19.6. The van der Waals surface area contributed by atoms with Crippen molar-refractivity contribution in [3.05, 3.63) is 182 Å². The second kappa shape index (κ2) is 31.3. The minimum Gasteiger partial charge on any atom is -1.00 e. The first kappa shape index (κ1) is 60.5. The Morgan fingerprint density at radius 2 is 0.417 bits per heavy atom. The van der Waals surface area contributed by atoms with Crippen LogP contribution in [0.4, 0.5) is 0 Å². The summed E-state index contributed by atoms with van der Waals surface area (Å²) < 4.78 is 0. The topological polar surface area (TPSA) is 17.1 Å². The van der Waals surface area contributed by atoms with Crippen LogP contribution in [0.3, 0.4) is 0 Å². The van der Waals surface area contributed by atoms with E-state index in [1.54, 1.807) is 0 Å². The molecule has 6 aromatic rings. The third-order valence-electron chi connectivity index (χ3n) is 8.30. The van der Waals surface area contributed by atoms with Crippen molar-refractivity contribution in [1.82, 2.24) is 0 Å². The molecule has 324 valence electrons. The monoisotopic (exact) mass is 1050 g/mol. The summed E-state index contributed by atoms with van der Waals surface area (Å²) in [6.07, 6.45) is 0. The van der Waals surface area contributed by atoms with Gasteiger partial charge in [-0.1, -0.05) is 241 Å². The average Bonchev–Trinajstić information content (AvgIpc) is 3.20. The maximum Gasteiger partial charge on any atom is 3.00 e. The molecule has 0 saturated heterocycles. The Bertz CT molecular complexity index is 1580. The number of halogens is 3. The Morgan fingerprint density at radius 3 is 0.517 bits per heavy atom. The second-order valence-corrected chi connectivity index (χ2v) is 42.3. The average molecular weight is 1060 g/mol. The molecule has 0 N–H and O–H groups in total. The fourth-order valence-corrected chi connectivity index (χ4v) is 25.9. The molecule has 0 bridgehead atoms. The van der Waals surface area contributed by atoms with Crippen molar-refractivity contribution in [2.45, 2.75) is 58.9 Å². The number of carbonyl (C=O) groups excluding carboxylic acids is 1. The molecule has 1 nitrogen and oxygen atoms in total. The third-order valence-corrected chi connectivity index (χ3v) is 29.0. The number of hydrogen-bond donors (Lipinski definition) is 0. The van der Waals surface area contributed by atoms with E-state index in [1.165, 1.54) is 49.2 Å². The van der Waals surface area contributed by atoms with Gasteiger partial charge in [-0.05, 0) is 72.9 Å². The molecule has 6 aromatic carbocycles. The SMILES string of the molecule is C=O.C[Si](C)(C)CP(c1ccccc1)c1ccccc1.C[Si](C)(C)CP(c1ccccc1)c1ccccc1.C[Si](C)(C)CP(c1ccccc1)c1ccccc1.[Cl-].[Cl-].[Cl-].[Rh+3]. The minimum absolute atomic E-state index is 0. The Balaban J connectivity index is 0. The van der Waals surface area contributed by atoms with Crippen LogP contribution in [0, 0.1) is 0 Å². The largest absolute Gasteiger partial charge is 3.00 e. The van der Waals surface area contributed by atoms with Gasteiger partial charge in [0.15, 0.2) is 0 Å². The minimum atomic E-state index is -1.06. The van der Waals surface area contributed by atoms with Crippen molar-refractivity contribution >= 4 is 86.6 Å². The summed E-state index contributed by atoms with van der Waals surface area (Å²) in [6, 6.07) is 66.1. The first-order chi connectivity index (χ1) is 26.7. The maximum atomic E-state index is 8.00. The molecule has 0 saturated carbocycles. The van der Waals surface area contributed by atoms with Crippen LogP contribution in [0.25, 0.3) is 0 Å². The molecule has 0 radical (unpaired) electrons. The van der Waals surface area contributed by atoms with Gasteiger partial charge in [0, 0.05) is 24.2 Å². The van der Waals surface area contributed by atoms with Crippen molar-refractivity contribution < 1.29 is 61.5 Å². The molecule has 6 rings (SSSR count). The molecule has 0 amide bonds. The van der Waals surface area contributed by atoms with Gasteiger partial charge in [-0.25, -0.2) is 0 Å². The molecule has 0 unspecified atom stereocenters. The van der Waals surface area contributed by atoms with Crippen LogP contribution in [-0.2, 0) is 24.3 Å². The molecule has 0 aliphatic carbocycles. The quantitative estimate of drug-likeness (QED) is 0.136. The van der Waals surface area contributed by atoms with Gasteiger partial charge in [0.1, 0.15) is 6.79 Å². The maximum absolute atomic E-state index is 8.00. The van der Waals surface area contributed by atoms with E-state index in [0.29, 0.717) is 0 Å². The Labute approximate surface area is 403 Å². The van der Waals surface area contributed by atoms with Gasteiger partial charge < -0.3 is 42.0 Å². The van der Waals surface area contributed by atoms with Crippen molar-refractivity contribution in [3.63, 3.8) is 0 Å². The molecule has 60 heavy (non-hydrogen) atoms. The Kier molecular flexibility index (Phi) is 31.6. The zero-order chi connectivity index (χ0) is 41.0. The normalized spacial score (nSPS) is 10.7. The Hall–Kier alpha value is -1.58. The van der Waals surface area contributed by atoms with E-state index in [-0.39, 0.29) is 80.5 Å². The van der Waals surface area contributed by atoms with Crippen molar-refractivity contribution in [1.29, 1.82) is 0 Å². The molecule has 0 atom stereocenters. The molecular weight excluding hydrogens is 991 g/mol. The van der Waals surface area contributed by atoms with E-state index >= 15 is 0 Å². The summed E-state index contributed by atoms with van der Waals surface area (Å²) >= 11 is 0. The number of carbonyl (C=O) groups is 1. The van der Waals surface area contributed by atoms with Gasteiger partial charge in [0.05, 0.1) is 0 Å². The zero-order valence-corrected chi connectivity index (χ0v) is 46.5. The van der Waals surface area contributed by atoms with Crippen LogP contribution in [0.1, 0.15) is 0 Å². The second-order valence-electron chi connectivity index (χ2n) is 17.5. The van der Waals surface area contributed by atoms with Gasteiger partial charge in [0.25, 0.3) is 0 Å². The number of benzene rings is 6. The van der Waals surface area contributed by atoms with E-state index < -0.39 is 24.2 Å². The predicted molar refractivity (Wildman–Crippen MR) is 269 cm³/mol. The van der Waals surface area contributed by atoms with Crippen molar-refractivity contribution in [3.8, 4) is 0 Å². The van der Waals surface area contributed by atoms with E-state index in [9.17, 15) is 0 Å². The molecule has 11 heteroatoms. The van der Waals surface area contributed by atoms with Gasteiger partial charge in [-0.2, -0.15) is 0 Å². The van der Waals surface area contributed by atoms with E-state index in [4.69, 9.17) is 4.79 Å². The molecule has 0 aliphatic rings. The molecular formula is C49H65Cl3OP3RhSi3. The van der Waals surface area contributed by atoms with Crippen LogP contribution in [-0.4, -0.2) is 48.4 Å². The molecule has 0 fully saturated rings. The number of hydrogen-bond acceptors (Lipinski definition) is 1. The summed E-state index contributed by atoms with van der Waals surface area (Å²) in [6.45, 7) is 24.2. The molecule has 0 aliphatic heterocycles. The van der Waals surface area contributed by atoms with Crippen molar-refractivity contribution in [2.75, 3.05) is 17.4 Å². The predicted octanol–water partition coefficient (Wildman–Crippen LogP) is 2.81. The summed E-state index contributed by atoms with van der Waals surface area (Å²) in [5, 5.41) is 9.09. The summed E-state index contributed by atoms with van der Waals surface area (Å²) in [4.78, 5) is 8.00. The smallest absolute Gasteiger partial charge is 1.00 e. The van der Waals surface area contributed by atoms with Gasteiger partial charge in [-0.15, -0.1) is 0 Å². The molecule has 0 spiro atoms. The van der Waals surface area contributed by atoms with Crippen LogP contribution >= 0.6 is 23.8 Å². The Morgan fingerprint density at radius 1 is 0.300 bits per heavy atom.